The largest absolute Gasteiger partial charge is 0.416 e. The smallest absolute Gasteiger partial charge is 0.337 e. The molecule has 2 atom stereocenters. The summed E-state index contributed by atoms with van der Waals surface area (Å²) in [5, 5.41) is 11.3. The highest BCUT2D eigenvalue weighted by molar-refractivity contribution is 5.98. The van der Waals surface area contributed by atoms with E-state index in [9.17, 15) is 28.1 Å². The van der Waals surface area contributed by atoms with Gasteiger partial charge in [-0.1, -0.05) is 30.3 Å². The summed E-state index contributed by atoms with van der Waals surface area (Å²) in [6.07, 6.45) is -4.73. The molecule has 0 spiro atoms. The van der Waals surface area contributed by atoms with Gasteiger partial charge in [-0.3, -0.25) is 14.9 Å². The van der Waals surface area contributed by atoms with E-state index >= 15 is 0 Å². The molecule has 29 heavy (non-hydrogen) atoms. The van der Waals surface area contributed by atoms with Crippen LogP contribution in [0.4, 0.5) is 18.9 Å². The van der Waals surface area contributed by atoms with Crippen LogP contribution in [0.5, 0.6) is 0 Å². The highest BCUT2D eigenvalue weighted by Gasteiger charge is 2.39. The Balaban J connectivity index is 0.00000300. The molecule has 0 unspecified atom stereocenters. The second kappa shape index (κ2) is 8.79. The average Bonchev–Trinajstić information content (AvgIpc) is 3.11. The molecule has 1 aliphatic heterocycles. The van der Waals surface area contributed by atoms with Gasteiger partial charge < -0.3 is 10.6 Å². The minimum atomic E-state index is -4.73. The van der Waals surface area contributed by atoms with Gasteiger partial charge in [0.2, 0.25) is 0 Å². The molecular weight excluding hydrogens is 411 g/mol. The molecule has 1 saturated heterocycles. The van der Waals surface area contributed by atoms with Crippen molar-refractivity contribution in [2.24, 2.45) is 11.7 Å². The van der Waals surface area contributed by atoms with Crippen LogP contribution in [0.25, 0.3) is 0 Å². The zero-order valence-corrected chi connectivity index (χ0v) is 15.9. The summed E-state index contributed by atoms with van der Waals surface area (Å²) in [6, 6.07) is 11.4. The molecule has 10 heteroatoms. The van der Waals surface area contributed by atoms with Crippen molar-refractivity contribution in [2.45, 2.75) is 12.1 Å². The minimum absolute atomic E-state index is 0. The number of halogens is 4. The Kier molecular flexibility index (Phi) is 6.86. The molecule has 0 bridgehead atoms. The Hall–Kier alpha value is -2.65. The molecule has 2 aromatic rings. The molecule has 0 saturated carbocycles. The van der Waals surface area contributed by atoms with Gasteiger partial charge in [-0.05, 0) is 30.2 Å². The first-order chi connectivity index (χ1) is 13.2. The van der Waals surface area contributed by atoms with Crippen molar-refractivity contribution in [3.05, 3.63) is 75.3 Å². The van der Waals surface area contributed by atoms with Gasteiger partial charge in [-0.2, -0.15) is 13.2 Å². The number of amides is 1. The van der Waals surface area contributed by atoms with E-state index in [1.165, 1.54) is 4.90 Å². The lowest BCUT2D eigenvalue weighted by Crippen LogP contribution is -2.30. The van der Waals surface area contributed by atoms with E-state index < -0.39 is 28.3 Å². The number of nitrogens with two attached hydrogens (primary N) is 1. The normalized spacial score (nSPS) is 19.0. The maximum absolute atomic E-state index is 12.9. The molecule has 2 N–H and O–H groups in total. The summed E-state index contributed by atoms with van der Waals surface area (Å²) in [5.74, 6) is -0.749. The average molecular weight is 430 g/mol. The summed E-state index contributed by atoms with van der Waals surface area (Å²) >= 11 is 0. The Morgan fingerprint density at radius 3 is 2.38 bits per heavy atom. The van der Waals surface area contributed by atoms with Crippen LogP contribution in [0.1, 0.15) is 27.4 Å². The van der Waals surface area contributed by atoms with Gasteiger partial charge in [-0.25, -0.2) is 0 Å². The van der Waals surface area contributed by atoms with E-state index in [4.69, 9.17) is 5.73 Å². The first kappa shape index (κ1) is 22.6. The monoisotopic (exact) mass is 429 g/mol. The van der Waals surface area contributed by atoms with Crippen LogP contribution < -0.4 is 5.73 Å². The number of rotatable bonds is 4. The van der Waals surface area contributed by atoms with Crippen LogP contribution >= 0.6 is 12.4 Å². The molecule has 6 nitrogen and oxygen atoms in total. The van der Waals surface area contributed by atoms with Gasteiger partial charge in [-0.15, -0.1) is 12.4 Å². The van der Waals surface area contributed by atoms with Crippen LogP contribution in [-0.4, -0.2) is 35.4 Å². The van der Waals surface area contributed by atoms with Gasteiger partial charge in [0.25, 0.3) is 11.6 Å². The first-order valence-corrected chi connectivity index (χ1v) is 8.62. The van der Waals surface area contributed by atoms with E-state index in [1.807, 2.05) is 30.3 Å². The molecule has 3 rings (SSSR count). The van der Waals surface area contributed by atoms with Crippen LogP contribution in [-0.2, 0) is 6.18 Å². The summed E-state index contributed by atoms with van der Waals surface area (Å²) < 4.78 is 38.6. The molecule has 0 aliphatic carbocycles. The standard InChI is InChI=1S/C19H18F3N3O3.ClH/c20-19(21,22)14-6-7-15(17(8-14)25(27)28)18(26)24-10-13(9-23)16(11-24)12-4-2-1-3-5-12;/h1-8,13,16H,9-11,23H2;1H/t13-,16+;/m1./s1. The fraction of sp³-hybridized carbons (Fsp3) is 0.316. The van der Waals surface area contributed by atoms with Crippen molar-refractivity contribution in [2.75, 3.05) is 19.6 Å². The van der Waals surface area contributed by atoms with Gasteiger partial charge in [0.15, 0.2) is 0 Å². The predicted octanol–water partition coefficient (Wildman–Crippen LogP) is 3.85. The number of nitro groups is 1. The van der Waals surface area contributed by atoms with Gasteiger partial charge in [0.05, 0.1) is 10.5 Å². The molecule has 2 aromatic carbocycles. The van der Waals surface area contributed by atoms with Crippen molar-refractivity contribution in [3.63, 3.8) is 0 Å². The topological polar surface area (TPSA) is 89.5 Å². The number of carbonyl (C=O) groups is 1. The highest BCUT2D eigenvalue weighted by atomic mass is 35.5. The molecular formula is C19H19ClF3N3O3. The van der Waals surface area contributed by atoms with E-state index in [-0.39, 0.29) is 36.4 Å². The van der Waals surface area contributed by atoms with Crippen LogP contribution in [0.2, 0.25) is 0 Å². The fourth-order valence-electron chi connectivity index (χ4n) is 3.56. The summed E-state index contributed by atoms with van der Waals surface area (Å²) in [5.41, 5.74) is 4.45. The number of benzene rings is 2. The van der Waals surface area contributed by atoms with Gasteiger partial charge >= 0.3 is 6.18 Å². The quantitative estimate of drug-likeness (QED) is 0.590. The molecule has 1 aliphatic rings. The van der Waals surface area contributed by atoms with E-state index in [1.54, 1.807) is 0 Å². The number of nitrogens with zero attached hydrogens (tertiary/aromatic N) is 2. The number of carbonyl (C=O) groups excluding carboxylic acids is 1. The summed E-state index contributed by atoms with van der Waals surface area (Å²) in [7, 11) is 0. The van der Waals surface area contributed by atoms with E-state index in [0.29, 0.717) is 25.2 Å². The number of alkyl halides is 3. The van der Waals surface area contributed by atoms with Crippen molar-refractivity contribution in [1.82, 2.24) is 4.90 Å². The third kappa shape index (κ3) is 4.68. The minimum Gasteiger partial charge on any atom is -0.337 e. The maximum Gasteiger partial charge on any atom is 0.416 e. The van der Waals surface area contributed by atoms with Crippen molar-refractivity contribution in [1.29, 1.82) is 0 Å². The lowest BCUT2D eigenvalue weighted by Gasteiger charge is -2.17. The third-order valence-electron chi connectivity index (χ3n) is 5.01. The number of hydrogen-bond donors (Lipinski definition) is 1. The second-order valence-corrected chi connectivity index (χ2v) is 6.71. The lowest BCUT2D eigenvalue weighted by molar-refractivity contribution is -0.385. The molecule has 1 heterocycles. The number of hydrogen-bond acceptors (Lipinski definition) is 4. The third-order valence-corrected chi connectivity index (χ3v) is 5.01. The Labute approximate surface area is 171 Å². The Morgan fingerprint density at radius 1 is 1.17 bits per heavy atom. The SMILES string of the molecule is Cl.NC[C@@H]1CN(C(=O)c2ccc(C(F)(F)F)cc2[N+](=O)[O-])C[C@H]1c1ccccc1. The zero-order valence-electron chi connectivity index (χ0n) is 15.1. The van der Waals surface area contributed by atoms with Gasteiger partial charge in [0.1, 0.15) is 5.56 Å². The molecule has 156 valence electrons. The second-order valence-electron chi connectivity index (χ2n) is 6.71. The molecule has 1 fully saturated rings. The lowest BCUT2D eigenvalue weighted by atomic mass is 9.89. The Morgan fingerprint density at radius 2 is 1.83 bits per heavy atom. The van der Waals surface area contributed by atoms with Crippen molar-refractivity contribution in [3.8, 4) is 0 Å². The van der Waals surface area contributed by atoms with Crippen molar-refractivity contribution >= 4 is 24.0 Å². The van der Waals surface area contributed by atoms with Crippen LogP contribution in [0.15, 0.2) is 48.5 Å². The maximum atomic E-state index is 12.9. The Bertz CT molecular complexity index is 893. The van der Waals surface area contributed by atoms with E-state index in [0.717, 1.165) is 11.6 Å². The number of likely N-dealkylation sites (tertiary alicyclic amines) is 1. The molecule has 1 amide bonds. The molecule has 0 radical (unpaired) electrons. The number of nitro benzene ring substituents is 1. The molecule has 0 aromatic heterocycles. The van der Waals surface area contributed by atoms with Crippen LogP contribution in [0, 0.1) is 16.0 Å². The summed E-state index contributed by atoms with van der Waals surface area (Å²) in [6.45, 7) is 0.897. The van der Waals surface area contributed by atoms with Gasteiger partial charge in [0, 0.05) is 25.1 Å². The predicted molar refractivity (Wildman–Crippen MR) is 103 cm³/mol. The highest BCUT2D eigenvalue weighted by Crippen LogP contribution is 2.36. The van der Waals surface area contributed by atoms with Crippen molar-refractivity contribution < 1.29 is 22.9 Å². The summed E-state index contributed by atoms with van der Waals surface area (Å²) in [4.78, 5) is 24.6. The fourth-order valence-corrected chi connectivity index (χ4v) is 3.56. The first-order valence-electron chi connectivity index (χ1n) is 8.62. The zero-order chi connectivity index (χ0) is 20.5. The van der Waals surface area contributed by atoms with Crippen LogP contribution in [0.3, 0.4) is 0 Å². The van der Waals surface area contributed by atoms with E-state index in [2.05, 4.69) is 0 Å².